The van der Waals surface area contributed by atoms with Crippen LogP contribution in [0.15, 0.2) is 4.52 Å². The van der Waals surface area contributed by atoms with Crippen LogP contribution in [0.4, 0.5) is 0 Å². The Morgan fingerprint density at radius 1 is 1.47 bits per heavy atom. The fourth-order valence-electron chi connectivity index (χ4n) is 2.26. The normalized spacial score (nSPS) is 18.7. The summed E-state index contributed by atoms with van der Waals surface area (Å²) < 4.78 is 10.00. The Balaban J connectivity index is 1.87. The molecular formula is C11H19N3O3. The predicted molar refractivity (Wildman–Crippen MR) is 60.1 cm³/mol. The van der Waals surface area contributed by atoms with Crippen molar-refractivity contribution in [1.29, 1.82) is 0 Å². The maximum Gasteiger partial charge on any atom is 0.240 e. The Hall–Kier alpha value is -0.980. The van der Waals surface area contributed by atoms with Gasteiger partial charge in [0.25, 0.3) is 0 Å². The number of nitrogens with zero attached hydrogens (tertiary/aromatic N) is 2. The van der Waals surface area contributed by atoms with Crippen molar-refractivity contribution >= 4 is 0 Å². The molecule has 0 aromatic carbocycles. The number of rotatable bonds is 6. The van der Waals surface area contributed by atoms with Gasteiger partial charge in [-0.3, -0.25) is 0 Å². The maximum atomic E-state index is 9.43. The second-order valence-corrected chi connectivity index (χ2v) is 4.54. The SMILES string of the molecule is COCc1noc(CNC2(CO)CCCC2)n1. The van der Waals surface area contributed by atoms with Gasteiger partial charge in [-0.25, -0.2) is 0 Å². The molecule has 1 aromatic rings. The molecule has 96 valence electrons. The van der Waals surface area contributed by atoms with Gasteiger partial charge in [0.2, 0.25) is 5.89 Å². The Morgan fingerprint density at radius 2 is 2.24 bits per heavy atom. The number of aliphatic hydroxyl groups excluding tert-OH is 1. The van der Waals surface area contributed by atoms with E-state index in [1.165, 1.54) is 0 Å². The van der Waals surface area contributed by atoms with Crippen LogP contribution in [0.3, 0.4) is 0 Å². The Bertz CT molecular complexity index is 347. The van der Waals surface area contributed by atoms with Crippen LogP contribution in [-0.2, 0) is 17.9 Å². The predicted octanol–water partition coefficient (Wildman–Crippen LogP) is 0.611. The molecule has 0 amide bonds. The van der Waals surface area contributed by atoms with Gasteiger partial charge in [-0.15, -0.1) is 0 Å². The second kappa shape index (κ2) is 5.57. The highest BCUT2D eigenvalue weighted by molar-refractivity contribution is 4.94. The van der Waals surface area contributed by atoms with Crippen molar-refractivity contribution < 1.29 is 14.4 Å². The van der Waals surface area contributed by atoms with Crippen molar-refractivity contribution in [3.8, 4) is 0 Å². The number of ether oxygens (including phenoxy) is 1. The van der Waals surface area contributed by atoms with Crippen LogP contribution in [0, 0.1) is 0 Å². The van der Waals surface area contributed by atoms with Gasteiger partial charge in [-0.2, -0.15) is 4.98 Å². The van der Waals surface area contributed by atoms with Crippen molar-refractivity contribution in [2.75, 3.05) is 13.7 Å². The summed E-state index contributed by atoms with van der Waals surface area (Å²) in [6.07, 6.45) is 4.32. The van der Waals surface area contributed by atoms with Crippen LogP contribution >= 0.6 is 0 Å². The molecule has 0 saturated heterocycles. The summed E-state index contributed by atoms with van der Waals surface area (Å²) in [4.78, 5) is 4.18. The average molecular weight is 241 g/mol. The first-order chi connectivity index (χ1) is 8.28. The number of aromatic nitrogens is 2. The molecule has 1 fully saturated rings. The summed E-state index contributed by atoms with van der Waals surface area (Å²) in [6.45, 7) is 1.01. The summed E-state index contributed by atoms with van der Waals surface area (Å²) in [5.41, 5.74) is -0.157. The van der Waals surface area contributed by atoms with Gasteiger partial charge in [-0.1, -0.05) is 18.0 Å². The smallest absolute Gasteiger partial charge is 0.240 e. The minimum atomic E-state index is -0.157. The average Bonchev–Trinajstić information content (AvgIpc) is 2.96. The molecule has 17 heavy (non-hydrogen) atoms. The van der Waals surface area contributed by atoms with Crippen molar-refractivity contribution in [2.45, 2.75) is 44.4 Å². The Labute approximate surface area is 100 Å². The lowest BCUT2D eigenvalue weighted by Crippen LogP contribution is -2.45. The van der Waals surface area contributed by atoms with E-state index in [1.54, 1.807) is 7.11 Å². The molecule has 1 aromatic heterocycles. The number of nitrogens with one attached hydrogen (secondary N) is 1. The van der Waals surface area contributed by atoms with E-state index < -0.39 is 0 Å². The molecule has 6 nitrogen and oxygen atoms in total. The van der Waals surface area contributed by atoms with Crippen molar-refractivity contribution in [3.05, 3.63) is 11.7 Å². The lowest BCUT2D eigenvalue weighted by molar-refractivity contribution is 0.158. The van der Waals surface area contributed by atoms with E-state index >= 15 is 0 Å². The number of aliphatic hydroxyl groups is 1. The lowest BCUT2D eigenvalue weighted by atomic mass is 9.99. The molecule has 1 aliphatic rings. The van der Waals surface area contributed by atoms with Gasteiger partial charge in [0.15, 0.2) is 5.82 Å². The first-order valence-electron chi connectivity index (χ1n) is 5.94. The van der Waals surface area contributed by atoms with Crippen LogP contribution < -0.4 is 5.32 Å². The first kappa shape index (κ1) is 12.5. The van der Waals surface area contributed by atoms with E-state index in [1.807, 2.05) is 0 Å². The lowest BCUT2D eigenvalue weighted by Gasteiger charge is -2.27. The second-order valence-electron chi connectivity index (χ2n) is 4.54. The van der Waals surface area contributed by atoms with Crippen molar-refractivity contribution in [1.82, 2.24) is 15.5 Å². The zero-order valence-electron chi connectivity index (χ0n) is 10.1. The molecule has 0 atom stereocenters. The minimum Gasteiger partial charge on any atom is -0.394 e. The zero-order chi connectivity index (χ0) is 12.1. The fraction of sp³-hybridized carbons (Fsp3) is 0.818. The van der Waals surface area contributed by atoms with Gasteiger partial charge >= 0.3 is 0 Å². The molecule has 2 N–H and O–H groups in total. The molecule has 0 unspecified atom stereocenters. The third-order valence-corrected chi connectivity index (χ3v) is 3.26. The Kier molecular flexibility index (Phi) is 4.09. The van der Waals surface area contributed by atoms with Crippen LogP contribution in [0.25, 0.3) is 0 Å². The topological polar surface area (TPSA) is 80.4 Å². The summed E-state index contributed by atoms with van der Waals surface area (Å²) in [7, 11) is 1.59. The minimum absolute atomic E-state index is 0.157. The Morgan fingerprint density at radius 3 is 2.88 bits per heavy atom. The van der Waals surface area contributed by atoms with Crippen molar-refractivity contribution in [2.24, 2.45) is 0 Å². The van der Waals surface area contributed by atoms with Gasteiger partial charge in [0.05, 0.1) is 13.2 Å². The van der Waals surface area contributed by atoms with Gasteiger partial charge < -0.3 is 19.7 Å². The molecule has 0 aliphatic heterocycles. The van der Waals surface area contributed by atoms with E-state index in [4.69, 9.17) is 9.26 Å². The first-order valence-corrected chi connectivity index (χ1v) is 5.94. The van der Waals surface area contributed by atoms with Gasteiger partial charge in [0, 0.05) is 12.6 Å². The van der Waals surface area contributed by atoms with Gasteiger partial charge in [0.1, 0.15) is 6.61 Å². The quantitative estimate of drug-likeness (QED) is 0.759. The third kappa shape index (κ3) is 3.02. The highest BCUT2D eigenvalue weighted by Gasteiger charge is 2.32. The molecule has 1 heterocycles. The van der Waals surface area contributed by atoms with Gasteiger partial charge in [-0.05, 0) is 12.8 Å². The highest BCUT2D eigenvalue weighted by Crippen LogP contribution is 2.29. The fourth-order valence-corrected chi connectivity index (χ4v) is 2.26. The molecule has 1 aliphatic carbocycles. The van der Waals surface area contributed by atoms with E-state index in [9.17, 15) is 5.11 Å². The number of methoxy groups -OCH3 is 1. The van der Waals surface area contributed by atoms with Crippen LogP contribution in [0.5, 0.6) is 0 Å². The molecule has 6 heteroatoms. The summed E-state index contributed by atoms with van der Waals surface area (Å²) >= 11 is 0. The third-order valence-electron chi connectivity index (χ3n) is 3.26. The molecule has 0 bridgehead atoms. The summed E-state index contributed by atoms with van der Waals surface area (Å²) in [5, 5.41) is 16.6. The van der Waals surface area contributed by atoms with Crippen LogP contribution in [-0.4, -0.2) is 34.5 Å². The van der Waals surface area contributed by atoms with Crippen LogP contribution in [0.1, 0.15) is 37.4 Å². The number of hydrogen-bond donors (Lipinski definition) is 2. The van der Waals surface area contributed by atoms with E-state index in [0.717, 1.165) is 25.7 Å². The van der Waals surface area contributed by atoms with E-state index in [2.05, 4.69) is 15.5 Å². The maximum absolute atomic E-state index is 9.43. The number of hydrogen-bond acceptors (Lipinski definition) is 6. The highest BCUT2D eigenvalue weighted by atomic mass is 16.5. The van der Waals surface area contributed by atoms with E-state index in [-0.39, 0.29) is 12.1 Å². The molecule has 0 radical (unpaired) electrons. The molecule has 0 spiro atoms. The monoisotopic (exact) mass is 241 g/mol. The van der Waals surface area contributed by atoms with Crippen molar-refractivity contribution in [3.63, 3.8) is 0 Å². The largest absolute Gasteiger partial charge is 0.394 e. The summed E-state index contributed by atoms with van der Waals surface area (Å²) in [5.74, 6) is 1.09. The molecule has 1 saturated carbocycles. The molecule has 2 rings (SSSR count). The zero-order valence-corrected chi connectivity index (χ0v) is 10.1. The van der Waals surface area contributed by atoms with E-state index in [0.29, 0.717) is 24.9 Å². The summed E-state index contributed by atoms with van der Waals surface area (Å²) in [6, 6.07) is 0. The standard InChI is InChI=1S/C11H19N3O3/c1-16-7-9-13-10(17-14-9)6-12-11(8-15)4-2-3-5-11/h12,15H,2-8H2,1H3. The molecular weight excluding hydrogens is 222 g/mol. The van der Waals surface area contributed by atoms with Crippen LogP contribution in [0.2, 0.25) is 0 Å².